The zero-order valence-corrected chi connectivity index (χ0v) is 13.7. The molecule has 1 rings (SSSR count). The molecule has 0 heterocycles. The van der Waals surface area contributed by atoms with Crippen molar-refractivity contribution in [2.75, 3.05) is 18.0 Å². The van der Waals surface area contributed by atoms with Crippen LogP contribution in [0.15, 0.2) is 18.2 Å². The summed E-state index contributed by atoms with van der Waals surface area (Å²) in [5.74, 6) is -0.0417. The number of unbranched alkanes of at least 4 members (excludes halogenated alkanes) is 1. The van der Waals surface area contributed by atoms with Crippen molar-refractivity contribution in [2.24, 2.45) is 0 Å². The van der Waals surface area contributed by atoms with Gasteiger partial charge in [0.1, 0.15) is 0 Å². The first-order chi connectivity index (χ1) is 9.95. The molecule has 1 aromatic carbocycles. The molecule has 0 spiro atoms. The maximum Gasteiger partial charge on any atom is 0.223 e. The minimum atomic E-state index is -0.0715. The van der Waals surface area contributed by atoms with Crippen LogP contribution in [0.2, 0.25) is 5.02 Å². The van der Waals surface area contributed by atoms with Crippen LogP contribution >= 0.6 is 11.6 Å². The molecule has 0 unspecified atom stereocenters. The maximum absolute atomic E-state index is 11.8. The van der Waals surface area contributed by atoms with Crippen molar-refractivity contribution >= 4 is 29.1 Å². The number of aryl methyl sites for hydroxylation is 1. The summed E-state index contributed by atoms with van der Waals surface area (Å²) in [4.78, 5) is 24.9. The molecule has 0 saturated carbocycles. The second-order valence-corrected chi connectivity index (χ2v) is 5.46. The normalized spacial score (nSPS) is 10.3. The van der Waals surface area contributed by atoms with E-state index in [0.29, 0.717) is 24.5 Å². The second-order valence-electron chi connectivity index (χ2n) is 5.06. The number of rotatable bonds is 7. The molecular formula is C16H23ClN2O2. The number of carbonyl (C=O) groups excluding carboxylic acids is 2. The predicted molar refractivity (Wildman–Crippen MR) is 86.8 cm³/mol. The summed E-state index contributed by atoms with van der Waals surface area (Å²) in [5, 5.41) is 3.46. The summed E-state index contributed by atoms with van der Waals surface area (Å²) in [5.41, 5.74) is 1.72. The number of halogens is 1. The molecule has 0 aliphatic carbocycles. The summed E-state index contributed by atoms with van der Waals surface area (Å²) in [6.07, 6.45) is 2.41. The van der Waals surface area contributed by atoms with Crippen LogP contribution in [0.1, 0.15) is 38.7 Å². The van der Waals surface area contributed by atoms with Gasteiger partial charge in [0.2, 0.25) is 11.8 Å². The van der Waals surface area contributed by atoms with Gasteiger partial charge < -0.3 is 10.2 Å². The van der Waals surface area contributed by atoms with Crippen LogP contribution in [-0.4, -0.2) is 24.9 Å². The summed E-state index contributed by atoms with van der Waals surface area (Å²) in [6.45, 7) is 6.34. The van der Waals surface area contributed by atoms with E-state index in [1.54, 1.807) is 11.0 Å². The molecule has 0 aliphatic rings. The Balaban J connectivity index is 2.60. The topological polar surface area (TPSA) is 49.4 Å². The highest BCUT2D eigenvalue weighted by Gasteiger charge is 2.12. The zero-order chi connectivity index (χ0) is 15.8. The van der Waals surface area contributed by atoms with Crippen LogP contribution in [0, 0.1) is 6.92 Å². The highest BCUT2D eigenvalue weighted by atomic mass is 35.5. The van der Waals surface area contributed by atoms with Crippen LogP contribution < -0.4 is 10.2 Å². The van der Waals surface area contributed by atoms with Crippen molar-refractivity contribution in [3.8, 4) is 0 Å². The third-order valence-corrected chi connectivity index (χ3v) is 3.67. The summed E-state index contributed by atoms with van der Waals surface area (Å²) in [6, 6.07) is 5.52. The van der Waals surface area contributed by atoms with Crippen molar-refractivity contribution < 1.29 is 9.59 Å². The van der Waals surface area contributed by atoms with Gasteiger partial charge >= 0.3 is 0 Å². The van der Waals surface area contributed by atoms with Crippen LogP contribution in [-0.2, 0) is 9.59 Å². The Morgan fingerprint density at radius 1 is 1.33 bits per heavy atom. The van der Waals surface area contributed by atoms with Crippen molar-refractivity contribution in [3.05, 3.63) is 28.8 Å². The third kappa shape index (κ3) is 5.76. The van der Waals surface area contributed by atoms with Gasteiger partial charge in [-0.1, -0.05) is 31.0 Å². The molecule has 4 nitrogen and oxygen atoms in total. The number of hydrogen-bond donors (Lipinski definition) is 1. The molecule has 0 radical (unpaired) electrons. The molecule has 5 heteroatoms. The van der Waals surface area contributed by atoms with E-state index in [1.807, 2.05) is 26.0 Å². The van der Waals surface area contributed by atoms with Gasteiger partial charge in [-0.15, -0.1) is 0 Å². The van der Waals surface area contributed by atoms with Gasteiger partial charge in [0.25, 0.3) is 0 Å². The fraction of sp³-hybridized carbons (Fsp3) is 0.500. The lowest BCUT2D eigenvalue weighted by Gasteiger charge is -2.22. The Labute approximate surface area is 131 Å². The lowest BCUT2D eigenvalue weighted by Crippen LogP contribution is -2.37. The second kappa shape index (κ2) is 8.67. The summed E-state index contributed by atoms with van der Waals surface area (Å²) in [7, 11) is 0. The molecule has 0 aromatic heterocycles. The van der Waals surface area contributed by atoms with Crippen LogP contribution in [0.5, 0.6) is 0 Å². The quantitative estimate of drug-likeness (QED) is 0.840. The Morgan fingerprint density at radius 3 is 2.62 bits per heavy atom. The Kier molecular flexibility index (Phi) is 7.23. The number of anilines is 1. The lowest BCUT2D eigenvalue weighted by atomic mass is 10.2. The molecule has 116 valence electrons. The molecule has 21 heavy (non-hydrogen) atoms. The maximum atomic E-state index is 11.8. The first-order valence-corrected chi connectivity index (χ1v) is 7.64. The van der Waals surface area contributed by atoms with E-state index >= 15 is 0 Å². The third-order valence-electron chi connectivity index (χ3n) is 3.26. The van der Waals surface area contributed by atoms with Crippen molar-refractivity contribution in [2.45, 2.75) is 40.0 Å². The number of amides is 2. The predicted octanol–water partition coefficient (Wildman–Crippen LogP) is 3.31. The zero-order valence-electron chi connectivity index (χ0n) is 12.9. The first kappa shape index (κ1) is 17.5. The number of nitrogens with zero attached hydrogens (tertiary/aromatic N) is 1. The summed E-state index contributed by atoms with van der Waals surface area (Å²) >= 11 is 6.10. The largest absolute Gasteiger partial charge is 0.354 e. The van der Waals surface area contributed by atoms with E-state index in [1.165, 1.54) is 6.92 Å². The van der Waals surface area contributed by atoms with Crippen molar-refractivity contribution in [3.63, 3.8) is 0 Å². The minimum absolute atomic E-state index is 0.0299. The highest BCUT2D eigenvalue weighted by molar-refractivity contribution is 6.31. The number of hydrogen-bond acceptors (Lipinski definition) is 2. The molecule has 0 saturated heterocycles. The van der Waals surface area contributed by atoms with E-state index in [0.717, 1.165) is 24.1 Å². The number of carbonyl (C=O) groups is 2. The SMILES string of the molecule is CCCCC(=O)NCCN(C(C)=O)c1ccc(C)c(Cl)c1. The van der Waals surface area contributed by atoms with Crippen LogP contribution in [0.25, 0.3) is 0 Å². The molecular weight excluding hydrogens is 288 g/mol. The molecule has 0 fully saturated rings. The van der Waals surface area contributed by atoms with Crippen LogP contribution in [0.4, 0.5) is 5.69 Å². The molecule has 1 aromatic rings. The van der Waals surface area contributed by atoms with Gasteiger partial charge in [0, 0.05) is 37.1 Å². The average Bonchev–Trinajstić information content (AvgIpc) is 2.44. The van der Waals surface area contributed by atoms with Gasteiger partial charge in [0.15, 0.2) is 0 Å². The highest BCUT2D eigenvalue weighted by Crippen LogP contribution is 2.23. The Hall–Kier alpha value is -1.55. The standard InChI is InChI=1S/C16H23ClN2O2/c1-4-5-6-16(21)18-9-10-19(13(3)20)14-8-7-12(2)15(17)11-14/h7-8,11H,4-6,9-10H2,1-3H3,(H,18,21). The fourth-order valence-corrected chi connectivity index (χ4v) is 2.13. The number of nitrogens with one attached hydrogen (secondary N) is 1. The molecule has 0 bridgehead atoms. The molecule has 1 N–H and O–H groups in total. The van der Waals surface area contributed by atoms with Gasteiger partial charge in [-0.25, -0.2) is 0 Å². The lowest BCUT2D eigenvalue weighted by molar-refractivity contribution is -0.121. The van der Waals surface area contributed by atoms with E-state index < -0.39 is 0 Å². The van der Waals surface area contributed by atoms with E-state index in [2.05, 4.69) is 5.32 Å². The van der Waals surface area contributed by atoms with Gasteiger partial charge in [-0.2, -0.15) is 0 Å². The van der Waals surface area contributed by atoms with Gasteiger partial charge in [-0.3, -0.25) is 9.59 Å². The average molecular weight is 311 g/mol. The van der Waals surface area contributed by atoms with E-state index in [-0.39, 0.29) is 11.8 Å². The monoisotopic (exact) mass is 310 g/mol. The molecule has 0 atom stereocenters. The van der Waals surface area contributed by atoms with Crippen molar-refractivity contribution in [1.29, 1.82) is 0 Å². The fourth-order valence-electron chi connectivity index (χ4n) is 1.95. The minimum Gasteiger partial charge on any atom is -0.354 e. The molecule has 0 aliphatic heterocycles. The summed E-state index contributed by atoms with van der Waals surface area (Å²) < 4.78 is 0. The molecule has 2 amide bonds. The van der Waals surface area contributed by atoms with Gasteiger partial charge in [0.05, 0.1) is 0 Å². The van der Waals surface area contributed by atoms with Crippen molar-refractivity contribution in [1.82, 2.24) is 5.32 Å². The van der Waals surface area contributed by atoms with E-state index in [9.17, 15) is 9.59 Å². The van der Waals surface area contributed by atoms with Gasteiger partial charge in [-0.05, 0) is 31.0 Å². The Morgan fingerprint density at radius 2 is 2.05 bits per heavy atom. The Bertz CT molecular complexity index is 503. The van der Waals surface area contributed by atoms with Crippen LogP contribution in [0.3, 0.4) is 0 Å². The first-order valence-electron chi connectivity index (χ1n) is 7.26. The number of benzene rings is 1. The smallest absolute Gasteiger partial charge is 0.223 e. The van der Waals surface area contributed by atoms with E-state index in [4.69, 9.17) is 11.6 Å².